The van der Waals surface area contributed by atoms with Crippen LogP contribution in [0.4, 0.5) is 11.5 Å². The summed E-state index contributed by atoms with van der Waals surface area (Å²) in [4.78, 5) is 50.4. The third-order valence-corrected chi connectivity index (χ3v) is 9.47. The fourth-order valence-corrected chi connectivity index (χ4v) is 7.15. The van der Waals surface area contributed by atoms with Gasteiger partial charge in [-0.25, -0.2) is 9.67 Å². The number of thioether (sulfide) groups is 1. The van der Waals surface area contributed by atoms with Crippen molar-refractivity contribution in [3.63, 3.8) is 0 Å². The van der Waals surface area contributed by atoms with Crippen LogP contribution in [-0.2, 0) is 11.8 Å². The minimum atomic E-state index is -0.429. The number of hydrogen-bond donors (Lipinski definition) is 0. The largest absolute Gasteiger partial charge is 0.353 e. The van der Waals surface area contributed by atoms with E-state index in [0.717, 1.165) is 49.6 Å². The van der Waals surface area contributed by atoms with Crippen molar-refractivity contribution in [2.24, 2.45) is 7.05 Å². The lowest BCUT2D eigenvalue weighted by Gasteiger charge is -2.37. The molecule has 2 aliphatic rings. The van der Waals surface area contributed by atoms with E-state index >= 15 is 0 Å². The molecule has 0 bridgehead atoms. The van der Waals surface area contributed by atoms with Crippen molar-refractivity contribution in [2.75, 3.05) is 16.3 Å². The number of rotatable bonds is 5. The smallest absolute Gasteiger partial charge is 0.296 e. The highest BCUT2D eigenvalue weighted by atomic mass is 32.2. The number of aryl methyl sites for hydroxylation is 1. The molecule has 0 N–H and O–H groups in total. The van der Waals surface area contributed by atoms with Crippen molar-refractivity contribution in [1.29, 1.82) is 0 Å². The van der Waals surface area contributed by atoms with E-state index in [1.54, 1.807) is 30.9 Å². The van der Waals surface area contributed by atoms with Gasteiger partial charge in [0.2, 0.25) is 0 Å². The van der Waals surface area contributed by atoms with E-state index < -0.39 is 5.91 Å². The standard InChI is InChI=1S/C31H32N6O3S2/c1-5-21-11-9-10-16-34(21)27-23(28(38)35-18-19(2)14-15-25(35)32-27)17-24-29(39)36(31(41)42-24)26-20(3)33(4)37(30(26)40)22-12-7-6-8-13-22/h6-8,12-15,17-18,21H,5,9-11,16H2,1-4H3/b24-17+. The summed E-state index contributed by atoms with van der Waals surface area (Å²) in [5.74, 6) is 0.157. The molecule has 11 heteroatoms. The highest BCUT2D eigenvalue weighted by Crippen LogP contribution is 2.37. The fourth-order valence-electron chi connectivity index (χ4n) is 5.90. The van der Waals surface area contributed by atoms with Gasteiger partial charge in [-0.1, -0.05) is 55.2 Å². The maximum atomic E-state index is 14.0. The molecule has 0 radical (unpaired) electrons. The van der Waals surface area contributed by atoms with Gasteiger partial charge in [-0.2, -0.15) is 0 Å². The van der Waals surface area contributed by atoms with Crippen molar-refractivity contribution in [1.82, 2.24) is 18.7 Å². The van der Waals surface area contributed by atoms with Crippen LogP contribution >= 0.6 is 24.0 Å². The highest BCUT2D eigenvalue weighted by molar-refractivity contribution is 8.27. The SMILES string of the molecule is CCC1CCCCN1c1nc2ccc(C)cn2c(=O)c1/C=C1/SC(=S)N(c2c(C)n(C)n(-c3ccccc3)c2=O)C1=O. The van der Waals surface area contributed by atoms with Crippen molar-refractivity contribution >= 4 is 57.4 Å². The maximum Gasteiger partial charge on any atom is 0.296 e. The number of benzene rings is 1. The second-order valence-electron chi connectivity index (χ2n) is 10.8. The zero-order valence-corrected chi connectivity index (χ0v) is 25.7. The number of thiocarbonyl (C=S) groups is 1. The zero-order valence-electron chi connectivity index (χ0n) is 24.0. The number of fused-ring (bicyclic) bond motifs is 1. The first-order valence-electron chi connectivity index (χ1n) is 14.1. The van der Waals surface area contributed by atoms with Crippen molar-refractivity contribution in [2.45, 2.75) is 52.5 Å². The van der Waals surface area contributed by atoms with Gasteiger partial charge < -0.3 is 4.90 Å². The number of nitrogens with zero attached hydrogens (tertiary/aromatic N) is 6. The molecule has 2 aliphatic heterocycles. The Morgan fingerprint density at radius 1 is 1.05 bits per heavy atom. The lowest BCUT2D eigenvalue weighted by molar-refractivity contribution is -0.113. The molecule has 1 atom stereocenters. The molecular formula is C31H32N6O3S2. The Morgan fingerprint density at radius 3 is 2.55 bits per heavy atom. The molecule has 1 aromatic carbocycles. The molecule has 9 nitrogen and oxygen atoms in total. The van der Waals surface area contributed by atoms with Crippen LogP contribution in [0.1, 0.15) is 49.4 Å². The summed E-state index contributed by atoms with van der Waals surface area (Å²) in [5.41, 5.74) is 2.74. The number of carbonyl (C=O) groups is 1. The first-order valence-corrected chi connectivity index (χ1v) is 15.3. The summed E-state index contributed by atoms with van der Waals surface area (Å²) in [6.07, 6.45) is 7.48. The Balaban J connectivity index is 1.49. The van der Waals surface area contributed by atoms with Crippen molar-refractivity contribution in [3.8, 4) is 5.69 Å². The van der Waals surface area contributed by atoms with Gasteiger partial charge in [-0.05, 0) is 69.4 Å². The minimum absolute atomic E-state index is 0.207. The van der Waals surface area contributed by atoms with E-state index in [0.29, 0.717) is 28.4 Å². The summed E-state index contributed by atoms with van der Waals surface area (Å²) >= 11 is 6.76. The molecule has 6 rings (SSSR count). The third-order valence-electron chi connectivity index (χ3n) is 8.17. The number of amides is 1. The van der Waals surface area contributed by atoms with Crippen LogP contribution in [0.25, 0.3) is 17.4 Å². The van der Waals surface area contributed by atoms with E-state index in [1.165, 1.54) is 14.0 Å². The number of carbonyl (C=O) groups excluding carboxylic acids is 1. The number of pyridine rings is 1. The average Bonchev–Trinajstić information content (AvgIpc) is 3.39. The molecule has 4 aromatic rings. The Bertz CT molecular complexity index is 1890. The first-order chi connectivity index (χ1) is 20.2. The summed E-state index contributed by atoms with van der Waals surface area (Å²) < 4.78 is 5.02. The summed E-state index contributed by atoms with van der Waals surface area (Å²) in [6.45, 7) is 6.65. The maximum absolute atomic E-state index is 14.0. The van der Waals surface area contributed by atoms with Gasteiger partial charge in [0.1, 0.15) is 17.2 Å². The van der Waals surface area contributed by atoms with E-state index in [-0.39, 0.29) is 32.1 Å². The van der Waals surface area contributed by atoms with Crippen LogP contribution in [-0.4, -0.2) is 41.6 Å². The molecular weight excluding hydrogens is 569 g/mol. The molecule has 0 spiro atoms. The quantitative estimate of drug-likeness (QED) is 0.236. The molecule has 42 heavy (non-hydrogen) atoms. The highest BCUT2D eigenvalue weighted by Gasteiger charge is 2.38. The van der Waals surface area contributed by atoms with Crippen LogP contribution < -0.4 is 20.9 Å². The molecule has 0 aliphatic carbocycles. The third kappa shape index (κ3) is 4.60. The van der Waals surface area contributed by atoms with Crippen LogP contribution in [0.3, 0.4) is 0 Å². The monoisotopic (exact) mass is 600 g/mol. The fraction of sp³-hybridized carbons (Fsp3) is 0.323. The first kappa shape index (κ1) is 28.2. The van der Waals surface area contributed by atoms with E-state index in [1.807, 2.05) is 49.4 Å². The number of para-hydroxylation sites is 1. The van der Waals surface area contributed by atoms with Crippen LogP contribution in [0.15, 0.2) is 63.2 Å². The number of aromatic nitrogens is 4. The molecule has 216 valence electrons. The van der Waals surface area contributed by atoms with Crippen molar-refractivity contribution in [3.05, 3.63) is 91.1 Å². The van der Waals surface area contributed by atoms with E-state index in [9.17, 15) is 14.4 Å². The topological polar surface area (TPSA) is 84.8 Å². The minimum Gasteiger partial charge on any atom is -0.353 e. The predicted octanol–water partition coefficient (Wildman–Crippen LogP) is 4.98. The normalized spacial score (nSPS) is 18.6. The van der Waals surface area contributed by atoms with E-state index in [4.69, 9.17) is 17.2 Å². The number of anilines is 2. The second kappa shape index (κ2) is 11.0. The lowest BCUT2D eigenvalue weighted by Crippen LogP contribution is -2.41. The van der Waals surface area contributed by atoms with Crippen LogP contribution in [0.2, 0.25) is 0 Å². The summed E-state index contributed by atoms with van der Waals surface area (Å²) in [7, 11) is 1.78. The number of hydrogen-bond acceptors (Lipinski definition) is 7. The van der Waals surface area contributed by atoms with Gasteiger partial charge in [0.15, 0.2) is 4.32 Å². The molecule has 3 aromatic heterocycles. The Hall–Kier alpha value is -3.96. The lowest BCUT2D eigenvalue weighted by atomic mass is 9.99. The van der Waals surface area contributed by atoms with Gasteiger partial charge in [-0.15, -0.1) is 0 Å². The van der Waals surface area contributed by atoms with Gasteiger partial charge in [0.25, 0.3) is 17.0 Å². The Kier molecular flexibility index (Phi) is 7.40. The zero-order chi connectivity index (χ0) is 29.7. The summed E-state index contributed by atoms with van der Waals surface area (Å²) in [5, 5.41) is 0. The molecule has 2 fully saturated rings. The van der Waals surface area contributed by atoms with Crippen molar-refractivity contribution < 1.29 is 4.79 Å². The average molecular weight is 601 g/mol. The van der Waals surface area contributed by atoms with Gasteiger partial charge in [-0.3, -0.25) is 28.4 Å². The van der Waals surface area contributed by atoms with Gasteiger partial charge in [0, 0.05) is 25.8 Å². The predicted molar refractivity (Wildman–Crippen MR) is 173 cm³/mol. The molecule has 1 unspecified atom stereocenters. The molecule has 5 heterocycles. The van der Waals surface area contributed by atoms with E-state index in [2.05, 4.69) is 11.8 Å². The number of piperidine rings is 1. The van der Waals surface area contributed by atoms with Gasteiger partial charge >= 0.3 is 0 Å². The Labute approximate surface area is 253 Å². The Morgan fingerprint density at radius 2 is 1.81 bits per heavy atom. The van der Waals surface area contributed by atoms with Crippen LogP contribution in [0.5, 0.6) is 0 Å². The van der Waals surface area contributed by atoms with Crippen LogP contribution in [0, 0.1) is 13.8 Å². The molecule has 1 amide bonds. The molecule has 0 saturated carbocycles. The van der Waals surface area contributed by atoms with Gasteiger partial charge in [0.05, 0.1) is 21.8 Å². The molecule has 2 saturated heterocycles. The summed E-state index contributed by atoms with van der Waals surface area (Å²) in [6, 6.07) is 13.3. The second-order valence-corrected chi connectivity index (χ2v) is 12.4.